The summed E-state index contributed by atoms with van der Waals surface area (Å²) in [6.07, 6.45) is 5.56. The molecule has 0 aliphatic heterocycles. The Labute approximate surface area is 103 Å². The number of nitrogens with one attached hydrogen (secondary N) is 1. The number of rotatable bonds is 5. The van der Waals surface area contributed by atoms with Crippen LogP contribution in [0.4, 0.5) is 0 Å². The molecule has 84 valence electrons. The molecule has 2 aromatic rings. The number of aromatic nitrogens is 3. The van der Waals surface area contributed by atoms with Gasteiger partial charge in [-0.25, -0.2) is 0 Å². The van der Waals surface area contributed by atoms with Gasteiger partial charge in [-0.2, -0.15) is 5.10 Å². The molecule has 0 radical (unpaired) electrons. The lowest BCUT2D eigenvalue weighted by molar-refractivity contribution is 0.551. The smallest absolute Gasteiger partial charge is 0.0632 e. The average Bonchev–Trinajstić information content (AvgIpc) is 2.72. The molecule has 16 heavy (non-hydrogen) atoms. The monoisotopic (exact) mass is 280 g/mol. The van der Waals surface area contributed by atoms with Gasteiger partial charge in [0.05, 0.1) is 22.9 Å². The summed E-state index contributed by atoms with van der Waals surface area (Å²) in [5.74, 6) is 0. The second-order valence-corrected chi connectivity index (χ2v) is 4.34. The highest BCUT2D eigenvalue weighted by molar-refractivity contribution is 9.10. The molecule has 0 spiro atoms. The summed E-state index contributed by atoms with van der Waals surface area (Å²) in [5.41, 5.74) is 1.06. The summed E-state index contributed by atoms with van der Waals surface area (Å²) in [6.45, 7) is 2.53. The standard InChI is InChI=1S/C11H13BrN4/c12-10-7-15-16(9-10)6-5-13-8-11-3-1-2-4-14-11/h1-4,7,9,13H,5-6,8H2. The minimum atomic E-state index is 0.795. The normalized spacial score (nSPS) is 10.6. The molecule has 2 aromatic heterocycles. The predicted molar refractivity (Wildman–Crippen MR) is 65.9 cm³/mol. The van der Waals surface area contributed by atoms with Crippen LogP contribution >= 0.6 is 15.9 Å². The number of hydrogen-bond donors (Lipinski definition) is 1. The van der Waals surface area contributed by atoms with E-state index in [1.807, 2.05) is 35.3 Å². The van der Waals surface area contributed by atoms with E-state index in [1.165, 1.54) is 0 Å². The summed E-state index contributed by atoms with van der Waals surface area (Å²) in [7, 11) is 0. The molecule has 0 amide bonds. The third-order valence-electron chi connectivity index (χ3n) is 2.15. The first-order valence-corrected chi connectivity index (χ1v) is 5.92. The first kappa shape index (κ1) is 11.3. The van der Waals surface area contributed by atoms with Crippen LogP contribution in [0, 0.1) is 0 Å². The molecule has 5 heteroatoms. The lowest BCUT2D eigenvalue weighted by atomic mass is 10.3. The molecular formula is C11H13BrN4. The maximum Gasteiger partial charge on any atom is 0.0632 e. The Morgan fingerprint density at radius 1 is 1.38 bits per heavy atom. The van der Waals surface area contributed by atoms with Crippen LogP contribution in [0.15, 0.2) is 41.3 Å². The van der Waals surface area contributed by atoms with Crippen LogP contribution in [0.2, 0.25) is 0 Å². The fourth-order valence-electron chi connectivity index (χ4n) is 1.37. The Morgan fingerprint density at radius 3 is 3.00 bits per heavy atom. The topological polar surface area (TPSA) is 42.7 Å². The van der Waals surface area contributed by atoms with Crippen LogP contribution in [0.25, 0.3) is 0 Å². The van der Waals surface area contributed by atoms with E-state index in [9.17, 15) is 0 Å². The second kappa shape index (κ2) is 5.77. The molecule has 0 atom stereocenters. The molecule has 1 N–H and O–H groups in total. The highest BCUT2D eigenvalue weighted by Gasteiger charge is 1.95. The highest BCUT2D eigenvalue weighted by Crippen LogP contribution is 2.05. The quantitative estimate of drug-likeness (QED) is 0.850. The van der Waals surface area contributed by atoms with Gasteiger partial charge in [-0.05, 0) is 28.1 Å². The number of nitrogens with zero attached hydrogens (tertiary/aromatic N) is 3. The zero-order valence-corrected chi connectivity index (χ0v) is 10.4. The van der Waals surface area contributed by atoms with Crippen LogP contribution in [0.5, 0.6) is 0 Å². The van der Waals surface area contributed by atoms with Crippen molar-refractivity contribution < 1.29 is 0 Å². The Bertz CT molecular complexity index is 427. The van der Waals surface area contributed by atoms with E-state index in [0.29, 0.717) is 0 Å². The molecule has 0 aliphatic rings. The maximum atomic E-state index is 4.23. The molecule has 2 rings (SSSR count). The van der Waals surface area contributed by atoms with Gasteiger partial charge in [-0.15, -0.1) is 0 Å². The lowest BCUT2D eigenvalue weighted by Crippen LogP contribution is -2.20. The molecule has 0 saturated heterocycles. The third-order valence-corrected chi connectivity index (χ3v) is 2.56. The zero-order valence-electron chi connectivity index (χ0n) is 8.81. The Hall–Kier alpha value is -1.20. The van der Waals surface area contributed by atoms with Crippen molar-refractivity contribution in [3.8, 4) is 0 Å². The summed E-state index contributed by atoms with van der Waals surface area (Å²) in [5, 5.41) is 7.50. The Kier molecular flexibility index (Phi) is 4.07. The van der Waals surface area contributed by atoms with E-state index in [4.69, 9.17) is 0 Å². The maximum absolute atomic E-state index is 4.23. The van der Waals surface area contributed by atoms with Crippen molar-refractivity contribution in [3.63, 3.8) is 0 Å². The average molecular weight is 281 g/mol. The minimum Gasteiger partial charge on any atom is -0.309 e. The predicted octanol–water partition coefficient (Wildman–Crippen LogP) is 1.83. The third kappa shape index (κ3) is 3.43. The summed E-state index contributed by atoms with van der Waals surface area (Å²) in [6, 6.07) is 5.93. The van der Waals surface area contributed by atoms with E-state index in [1.54, 1.807) is 6.20 Å². The molecule has 0 saturated carbocycles. The van der Waals surface area contributed by atoms with Crippen molar-refractivity contribution in [1.29, 1.82) is 0 Å². The first-order valence-electron chi connectivity index (χ1n) is 5.13. The SMILES string of the molecule is Brc1cnn(CCNCc2ccccn2)c1. The van der Waals surface area contributed by atoms with Crippen molar-refractivity contribution in [2.75, 3.05) is 6.54 Å². The van der Waals surface area contributed by atoms with Crippen LogP contribution in [0.1, 0.15) is 5.69 Å². The van der Waals surface area contributed by atoms with Gasteiger partial charge in [0.1, 0.15) is 0 Å². The fourth-order valence-corrected chi connectivity index (χ4v) is 1.70. The Balaban J connectivity index is 1.69. The second-order valence-electron chi connectivity index (χ2n) is 3.42. The molecular weight excluding hydrogens is 268 g/mol. The van der Waals surface area contributed by atoms with Crippen molar-refractivity contribution >= 4 is 15.9 Å². The van der Waals surface area contributed by atoms with Gasteiger partial charge in [-0.1, -0.05) is 6.07 Å². The van der Waals surface area contributed by atoms with Gasteiger partial charge < -0.3 is 5.32 Å². The summed E-state index contributed by atoms with van der Waals surface area (Å²) >= 11 is 3.36. The van der Waals surface area contributed by atoms with Crippen LogP contribution in [-0.4, -0.2) is 21.3 Å². The fraction of sp³-hybridized carbons (Fsp3) is 0.273. The van der Waals surface area contributed by atoms with Gasteiger partial charge in [-0.3, -0.25) is 9.67 Å². The van der Waals surface area contributed by atoms with Crippen molar-refractivity contribution in [2.45, 2.75) is 13.1 Å². The van der Waals surface area contributed by atoms with Crippen molar-refractivity contribution in [1.82, 2.24) is 20.1 Å². The van der Waals surface area contributed by atoms with Crippen LogP contribution < -0.4 is 5.32 Å². The van der Waals surface area contributed by atoms with Gasteiger partial charge >= 0.3 is 0 Å². The number of pyridine rings is 1. The van der Waals surface area contributed by atoms with E-state index >= 15 is 0 Å². The summed E-state index contributed by atoms with van der Waals surface area (Å²) < 4.78 is 2.91. The zero-order chi connectivity index (χ0) is 11.2. The van der Waals surface area contributed by atoms with Crippen LogP contribution in [-0.2, 0) is 13.1 Å². The molecule has 2 heterocycles. The van der Waals surface area contributed by atoms with Gasteiger partial charge in [0, 0.05) is 25.5 Å². The molecule has 0 aliphatic carbocycles. The van der Waals surface area contributed by atoms with E-state index in [0.717, 1.165) is 29.8 Å². The van der Waals surface area contributed by atoms with Crippen molar-refractivity contribution in [2.24, 2.45) is 0 Å². The molecule has 4 nitrogen and oxygen atoms in total. The minimum absolute atomic E-state index is 0.795. The highest BCUT2D eigenvalue weighted by atomic mass is 79.9. The van der Waals surface area contributed by atoms with Gasteiger partial charge in [0.25, 0.3) is 0 Å². The molecule has 0 fully saturated rings. The van der Waals surface area contributed by atoms with E-state index < -0.39 is 0 Å². The van der Waals surface area contributed by atoms with E-state index in [2.05, 4.69) is 31.3 Å². The summed E-state index contributed by atoms with van der Waals surface area (Å²) in [4.78, 5) is 4.23. The lowest BCUT2D eigenvalue weighted by Gasteiger charge is -2.04. The number of halogens is 1. The largest absolute Gasteiger partial charge is 0.309 e. The first-order chi connectivity index (χ1) is 7.84. The molecule has 0 bridgehead atoms. The number of hydrogen-bond acceptors (Lipinski definition) is 3. The van der Waals surface area contributed by atoms with Crippen molar-refractivity contribution in [3.05, 3.63) is 47.0 Å². The molecule has 0 unspecified atom stereocenters. The van der Waals surface area contributed by atoms with Gasteiger partial charge in [0.15, 0.2) is 0 Å². The van der Waals surface area contributed by atoms with Crippen LogP contribution in [0.3, 0.4) is 0 Å². The molecule has 0 aromatic carbocycles. The Morgan fingerprint density at radius 2 is 2.31 bits per heavy atom. The van der Waals surface area contributed by atoms with Gasteiger partial charge in [0.2, 0.25) is 0 Å². The van der Waals surface area contributed by atoms with E-state index in [-0.39, 0.29) is 0 Å².